The van der Waals surface area contributed by atoms with Crippen molar-refractivity contribution >= 4 is 17.4 Å². The van der Waals surface area contributed by atoms with Crippen LogP contribution in [-0.4, -0.2) is 20.1 Å². The molecule has 4 nitrogen and oxygen atoms in total. The van der Waals surface area contributed by atoms with Crippen molar-refractivity contribution in [3.8, 4) is 6.07 Å². The van der Waals surface area contributed by atoms with Crippen LogP contribution in [-0.2, 0) is 0 Å². The van der Waals surface area contributed by atoms with Crippen molar-refractivity contribution in [2.75, 3.05) is 5.75 Å². The summed E-state index contributed by atoms with van der Waals surface area (Å²) in [6, 6.07) is 4.05. The molecule has 0 aliphatic heterocycles. The molecule has 0 radical (unpaired) electrons. The molecule has 2 aromatic rings. The lowest BCUT2D eigenvalue weighted by atomic mass is 10.4. The number of aromatic nitrogens is 3. The second-order valence-corrected chi connectivity index (χ2v) is 4.35. The molecular weight excluding hydrogens is 208 g/mol. The van der Waals surface area contributed by atoms with Gasteiger partial charge in [0, 0.05) is 5.69 Å². The summed E-state index contributed by atoms with van der Waals surface area (Å²) in [6.45, 7) is 4.02. The molecule has 0 N–H and O–H groups in total. The molecule has 0 unspecified atom stereocenters. The number of nitriles is 1. The lowest BCUT2D eigenvalue weighted by Gasteiger charge is -2.04. The fraction of sp³-hybridized carbons (Fsp3) is 0.300. The summed E-state index contributed by atoms with van der Waals surface area (Å²) in [7, 11) is 0. The predicted octanol–water partition coefficient (Wildman–Crippen LogP) is 2.02. The molecule has 15 heavy (non-hydrogen) atoms. The monoisotopic (exact) mass is 218 g/mol. The highest BCUT2D eigenvalue weighted by Crippen LogP contribution is 2.20. The van der Waals surface area contributed by atoms with Crippen LogP contribution in [0.3, 0.4) is 0 Å². The van der Waals surface area contributed by atoms with Crippen molar-refractivity contribution in [3.63, 3.8) is 0 Å². The largest absolute Gasteiger partial charge is 0.277 e. The van der Waals surface area contributed by atoms with Crippen molar-refractivity contribution in [1.29, 1.82) is 5.26 Å². The van der Waals surface area contributed by atoms with Gasteiger partial charge in [-0.05, 0) is 18.7 Å². The highest BCUT2D eigenvalue weighted by molar-refractivity contribution is 7.99. The molecule has 0 saturated heterocycles. The number of hydrogen-bond donors (Lipinski definition) is 0. The van der Waals surface area contributed by atoms with Crippen LogP contribution >= 0.6 is 11.8 Å². The Morgan fingerprint density at radius 1 is 1.60 bits per heavy atom. The van der Waals surface area contributed by atoms with Gasteiger partial charge in [0.2, 0.25) is 0 Å². The molecule has 0 atom stereocenters. The van der Waals surface area contributed by atoms with Crippen LogP contribution in [0.2, 0.25) is 0 Å². The van der Waals surface area contributed by atoms with Gasteiger partial charge in [0.25, 0.3) is 0 Å². The van der Waals surface area contributed by atoms with Gasteiger partial charge in [-0.3, -0.25) is 4.40 Å². The van der Waals surface area contributed by atoms with E-state index in [0.29, 0.717) is 11.3 Å². The molecule has 0 aliphatic carbocycles. The summed E-state index contributed by atoms with van der Waals surface area (Å²) in [5.74, 6) is 0.985. The maximum absolute atomic E-state index is 8.86. The third kappa shape index (κ3) is 1.68. The van der Waals surface area contributed by atoms with Gasteiger partial charge >= 0.3 is 0 Å². The second kappa shape index (κ2) is 3.91. The van der Waals surface area contributed by atoms with Gasteiger partial charge in [-0.25, -0.2) is 9.97 Å². The number of nitrogens with zero attached hydrogens (tertiary/aromatic N) is 4. The molecule has 0 bridgehead atoms. The fourth-order valence-electron chi connectivity index (χ4n) is 1.40. The molecule has 2 heterocycles. The predicted molar refractivity (Wildman–Crippen MR) is 58.8 cm³/mol. The standard InChI is InChI=1S/C10H10N4S/c1-3-15-9-4-7(2)13-10-8(5-11)12-6-14(9)10/h4,6H,3H2,1-2H3. The van der Waals surface area contributed by atoms with Crippen molar-refractivity contribution < 1.29 is 0 Å². The van der Waals surface area contributed by atoms with E-state index in [4.69, 9.17) is 5.26 Å². The number of aryl methyl sites for hydroxylation is 1. The molecule has 2 aromatic heterocycles. The molecule has 0 aliphatic rings. The average molecular weight is 218 g/mol. The molecule has 0 amide bonds. The molecule has 0 spiro atoms. The number of hydrogen-bond acceptors (Lipinski definition) is 4. The van der Waals surface area contributed by atoms with Crippen molar-refractivity contribution in [2.24, 2.45) is 0 Å². The van der Waals surface area contributed by atoms with Gasteiger partial charge in [-0.15, -0.1) is 11.8 Å². The Hall–Kier alpha value is -1.54. The average Bonchev–Trinajstić information content (AvgIpc) is 2.61. The van der Waals surface area contributed by atoms with Gasteiger partial charge in [0.15, 0.2) is 11.3 Å². The van der Waals surface area contributed by atoms with E-state index in [1.165, 1.54) is 0 Å². The maximum atomic E-state index is 8.86. The summed E-state index contributed by atoms with van der Waals surface area (Å²) in [4.78, 5) is 8.34. The molecule has 5 heteroatoms. The van der Waals surface area contributed by atoms with Gasteiger partial charge in [0.05, 0.1) is 5.03 Å². The topological polar surface area (TPSA) is 54.0 Å². The number of rotatable bonds is 2. The lowest BCUT2D eigenvalue weighted by Crippen LogP contribution is -1.95. The zero-order valence-electron chi connectivity index (χ0n) is 8.56. The first-order valence-electron chi connectivity index (χ1n) is 4.64. The van der Waals surface area contributed by atoms with Gasteiger partial charge in [0.1, 0.15) is 12.4 Å². The quantitative estimate of drug-likeness (QED) is 0.571. The maximum Gasteiger partial charge on any atom is 0.185 e. The first-order valence-corrected chi connectivity index (χ1v) is 5.62. The van der Waals surface area contributed by atoms with Gasteiger partial charge in [-0.2, -0.15) is 5.26 Å². The Labute approximate surface area is 92.0 Å². The summed E-state index contributed by atoms with van der Waals surface area (Å²) in [5, 5.41) is 9.94. The number of fused-ring (bicyclic) bond motifs is 1. The SMILES string of the molecule is CCSc1cc(C)nc2c(C#N)ncn12. The Balaban J connectivity index is 2.72. The van der Waals surface area contributed by atoms with Crippen LogP contribution in [0.15, 0.2) is 17.4 Å². The summed E-state index contributed by atoms with van der Waals surface area (Å²) >= 11 is 1.72. The molecule has 76 valence electrons. The van der Waals surface area contributed by atoms with E-state index in [1.807, 2.05) is 23.5 Å². The minimum Gasteiger partial charge on any atom is -0.277 e. The van der Waals surface area contributed by atoms with Gasteiger partial charge < -0.3 is 0 Å². The van der Waals surface area contributed by atoms with Crippen LogP contribution in [0.1, 0.15) is 18.3 Å². The van der Waals surface area contributed by atoms with E-state index in [9.17, 15) is 0 Å². The summed E-state index contributed by atoms with van der Waals surface area (Å²) in [5.41, 5.74) is 1.94. The van der Waals surface area contributed by atoms with Crippen LogP contribution < -0.4 is 0 Å². The van der Waals surface area contributed by atoms with Gasteiger partial charge in [-0.1, -0.05) is 6.92 Å². The highest BCUT2D eigenvalue weighted by Gasteiger charge is 2.09. The summed E-state index contributed by atoms with van der Waals surface area (Å²) < 4.78 is 1.86. The van der Waals surface area contributed by atoms with Crippen molar-refractivity contribution in [1.82, 2.24) is 14.4 Å². The Morgan fingerprint density at radius 3 is 3.07 bits per heavy atom. The molecule has 0 saturated carbocycles. The molecule has 2 rings (SSSR count). The zero-order valence-corrected chi connectivity index (χ0v) is 9.38. The zero-order chi connectivity index (χ0) is 10.8. The van der Waals surface area contributed by atoms with E-state index in [-0.39, 0.29) is 0 Å². The van der Waals surface area contributed by atoms with Crippen LogP contribution in [0, 0.1) is 18.3 Å². The van der Waals surface area contributed by atoms with Crippen LogP contribution in [0.5, 0.6) is 0 Å². The first-order chi connectivity index (χ1) is 7.26. The van der Waals surface area contributed by atoms with E-state index in [1.54, 1.807) is 18.1 Å². The summed E-state index contributed by atoms with van der Waals surface area (Å²) in [6.07, 6.45) is 1.65. The van der Waals surface area contributed by atoms with Crippen molar-refractivity contribution in [2.45, 2.75) is 18.9 Å². The molecular formula is C10H10N4S. The highest BCUT2D eigenvalue weighted by atomic mass is 32.2. The minimum absolute atomic E-state index is 0.386. The number of thioether (sulfide) groups is 1. The molecule has 0 fully saturated rings. The lowest BCUT2D eigenvalue weighted by molar-refractivity contribution is 0.959. The Bertz CT molecular complexity index is 538. The second-order valence-electron chi connectivity index (χ2n) is 3.07. The third-order valence-electron chi connectivity index (χ3n) is 1.99. The Morgan fingerprint density at radius 2 is 2.40 bits per heavy atom. The minimum atomic E-state index is 0.386. The van der Waals surface area contributed by atoms with Crippen molar-refractivity contribution in [3.05, 3.63) is 23.8 Å². The Kier molecular flexibility index (Phi) is 2.60. The van der Waals surface area contributed by atoms with Crippen LogP contribution in [0.4, 0.5) is 0 Å². The van der Waals surface area contributed by atoms with E-state index in [0.717, 1.165) is 16.5 Å². The first kappa shape index (κ1) is 9.99. The van der Waals surface area contributed by atoms with E-state index < -0.39 is 0 Å². The fourth-order valence-corrected chi connectivity index (χ4v) is 2.22. The normalized spacial score (nSPS) is 10.5. The number of imidazole rings is 1. The third-order valence-corrected chi connectivity index (χ3v) is 2.89. The van der Waals surface area contributed by atoms with Crippen LogP contribution in [0.25, 0.3) is 5.65 Å². The smallest absolute Gasteiger partial charge is 0.185 e. The van der Waals surface area contributed by atoms with E-state index >= 15 is 0 Å². The molecule has 0 aromatic carbocycles. The van der Waals surface area contributed by atoms with E-state index in [2.05, 4.69) is 16.9 Å².